The topological polar surface area (TPSA) is 87.5 Å². The van der Waals surface area contributed by atoms with Gasteiger partial charge in [0.05, 0.1) is 6.04 Å². The zero-order valence-corrected chi connectivity index (χ0v) is 15.0. The van der Waals surface area contributed by atoms with Gasteiger partial charge in [-0.1, -0.05) is 27.2 Å². The van der Waals surface area contributed by atoms with Crippen LogP contribution in [0.5, 0.6) is 0 Å². The van der Waals surface area contributed by atoms with Crippen LogP contribution in [-0.2, 0) is 4.79 Å². The van der Waals surface area contributed by atoms with Gasteiger partial charge in [-0.2, -0.15) is 0 Å². The quantitative estimate of drug-likeness (QED) is 0.609. The number of nitrogens with one attached hydrogen (secondary N) is 2. The number of anilines is 1. The van der Waals surface area contributed by atoms with Gasteiger partial charge in [-0.25, -0.2) is 0 Å². The van der Waals surface area contributed by atoms with Gasteiger partial charge < -0.3 is 21.3 Å². The first-order valence-electron chi connectivity index (χ1n) is 8.68. The van der Waals surface area contributed by atoms with Crippen molar-refractivity contribution in [3.8, 4) is 0 Å². The molecule has 4 N–H and O–H groups in total. The summed E-state index contributed by atoms with van der Waals surface area (Å²) in [5.74, 6) is -0.309. The lowest BCUT2D eigenvalue weighted by Crippen LogP contribution is -2.35. The van der Waals surface area contributed by atoms with E-state index in [-0.39, 0.29) is 11.8 Å². The van der Waals surface area contributed by atoms with Crippen LogP contribution in [0.3, 0.4) is 0 Å². The van der Waals surface area contributed by atoms with Gasteiger partial charge in [0.1, 0.15) is 0 Å². The minimum absolute atomic E-state index is 0.109. The number of hydrogen-bond donors (Lipinski definition) is 3. The molecule has 0 fully saturated rings. The van der Waals surface area contributed by atoms with E-state index in [1.807, 2.05) is 6.92 Å². The molecule has 134 valence electrons. The van der Waals surface area contributed by atoms with Crippen molar-refractivity contribution >= 4 is 17.5 Å². The smallest absolute Gasteiger partial charge is 0.251 e. The third kappa shape index (κ3) is 6.68. The lowest BCUT2D eigenvalue weighted by atomic mass is 10.1. The van der Waals surface area contributed by atoms with Crippen LogP contribution in [-0.4, -0.2) is 48.9 Å². The Kier molecular flexibility index (Phi) is 9.04. The summed E-state index contributed by atoms with van der Waals surface area (Å²) in [4.78, 5) is 26.2. The van der Waals surface area contributed by atoms with Crippen LogP contribution in [0.4, 0.5) is 5.69 Å². The maximum atomic E-state index is 12.1. The van der Waals surface area contributed by atoms with Crippen molar-refractivity contribution in [2.24, 2.45) is 5.73 Å². The maximum Gasteiger partial charge on any atom is 0.251 e. The zero-order valence-electron chi connectivity index (χ0n) is 15.0. The number of likely N-dealkylation sites (N-methyl/N-ethyl adjacent to an activating group) is 1. The molecule has 6 heteroatoms. The Hall–Kier alpha value is -1.92. The van der Waals surface area contributed by atoms with Crippen LogP contribution >= 0.6 is 0 Å². The molecule has 0 aliphatic heterocycles. The van der Waals surface area contributed by atoms with Crippen LogP contribution in [0.2, 0.25) is 0 Å². The van der Waals surface area contributed by atoms with E-state index in [1.54, 1.807) is 24.3 Å². The Balaban J connectivity index is 2.48. The van der Waals surface area contributed by atoms with Crippen molar-refractivity contribution in [1.29, 1.82) is 0 Å². The second kappa shape index (κ2) is 10.8. The number of nitrogens with zero attached hydrogens (tertiary/aromatic N) is 1. The summed E-state index contributed by atoms with van der Waals surface area (Å²) in [5.41, 5.74) is 6.99. The molecule has 0 aliphatic carbocycles. The Morgan fingerprint density at radius 1 is 1.12 bits per heavy atom. The third-order valence-corrected chi connectivity index (χ3v) is 3.96. The number of nitrogens with two attached hydrogens (primary N) is 1. The van der Waals surface area contributed by atoms with E-state index in [0.717, 1.165) is 26.1 Å². The first kappa shape index (κ1) is 20.1. The molecule has 1 unspecified atom stereocenters. The van der Waals surface area contributed by atoms with E-state index in [4.69, 9.17) is 5.73 Å². The molecule has 0 radical (unpaired) electrons. The summed E-state index contributed by atoms with van der Waals surface area (Å²) in [6.07, 6.45) is 1.51. The fourth-order valence-electron chi connectivity index (χ4n) is 2.35. The SMILES string of the molecule is CCCC(N)C(=O)Nc1ccc(C(=O)NCCN(CC)CC)cc1. The molecule has 24 heavy (non-hydrogen) atoms. The summed E-state index contributed by atoms with van der Waals surface area (Å²) in [6.45, 7) is 9.59. The number of hydrogen-bond acceptors (Lipinski definition) is 4. The van der Waals surface area contributed by atoms with Crippen molar-refractivity contribution in [1.82, 2.24) is 10.2 Å². The first-order valence-corrected chi connectivity index (χ1v) is 8.68. The third-order valence-electron chi connectivity index (χ3n) is 3.96. The molecule has 0 saturated carbocycles. The zero-order chi connectivity index (χ0) is 17.9. The van der Waals surface area contributed by atoms with Gasteiger partial charge in [-0.05, 0) is 43.8 Å². The highest BCUT2D eigenvalue weighted by Crippen LogP contribution is 2.10. The molecule has 1 rings (SSSR count). The predicted octanol–water partition coefficient (Wildman–Crippen LogP) is 1.82. The first-order chi connectivity index (χ1) is 11.5. The van der Waals surface area contributed by atoms with Crippen LogP contribution in [0.1, 0.15) is 44.0 Å². The van der Waals surface area contributed by atoms with Crippen molar-refractivity contribution in [3.05, 3.63) is 29.8 Å². The average Bonchev–Trinajstić information content (AvgIpc) is 2.59. The van der Waals surface area contributed by atoms with Crippen LogP contribution in [0, 0.1) is 0 Å². The molecule has 1 aromatic carbocycles. The molecule has 0 heterocycles. The molecule has 2 amide bonds. The molecular formula is C18H30N4O2. The number of rotatable bonds is 10. The Labute approximate surface area is 144 Å². The van der Waals surface area contributed by atoms with Gasteiger partial charge in [0.2, 0.25) is 5.91 Å². The van der Waals surface area contributed by atoms with Crippen molar-refractivity contribution in [2.45, 2.75) is 39.7 Å². The highest BCUT2D eigenvalue weighted by Gasteiger charge is 2.12. The number of benzene rings is 1. The predicted molar refractivity (Wildman–Crippen MR) is 98.1 cm³/mol. The van der Waals surface area contributed by atoms with Crippen LogP contribution in [0.15, 0.2) is 24.3 Å². The fourth-order valence-corrected chi connectivity index (χ4v) is 2.35. The number of carbonyl (C=O) groups is 2. The van der Waals surface area contributed by atoms with E-state index in [9.17, 15) is 9.59 Å². The second-order valence-electron chi connectivity index (χ2n) is 5.74. The summed E-state index contributed by atoms with van der Waals surface area (Å²) in [5, 5.41) is 5.67. The van der Waals surface area contributed by atoms with Crippen LogP contribution < -0.4 is 16.4 Å². The van der Waals surface area contributed by atoms with Gasteiger partial charge >= 0.3 is 0 Å². The summed E-state index contributed by atoms with van der Waals surface area (Å²) in [6, 6.07) is 6.34. The largest absolute Gasteiger partial charge is 0.351 e. The normalized spacial score (nSPS) is 12.0. The Morgan fingerprint density at radius 3 is 2.29 bits per heavy atom. The van der Waals surface area contributed by atoms with Gasteiger partial charge in [-0.3, -0.25) is 9.59 Å². The van der Waals surface area contributed by atoms with E-state index >= 15 is 0 Å². The minimum Gasteiger partial charge on any atom is -0.351 e. The minimum atomic E-state index is -0.502. The van der Waals surface area contributed by atoms with E-state index in [1.165, 1.54) is 0 Å². The number of carbonyl (C=O) groups excluding carboxylic acids is 2. The molecule has 6 nitrogen and oxygen atoms in total. The van der Waals surface area contributed by atoms with Crippen molar-refractivity contribution in [3.63, 3.8) is 0 Å². The second-order valence-corrected chi connectivity index (χ2v) is 5.74. The lowest BCUT2D eigenvalue weighted by molar-refractivity contribution is -0.117. The van der Waals surface area contributed by atoms with Gasteiger partial charge in [0.15, 0.2) is 0 Å². The van der Waals surface area contributed by atoms with Gasteiger partial charge in [0, 0.05) is 24.3 Å². The Morgan fingerprint density at radius 2 is 1.75 bits per heavy atom. The highest BCUT2D eigenvalue weighted by molar-refractivity contribution is 5.97. The van der Waals surface area contributed by atoms with E-state index in [2.05, 4.69) is 29.4 Å². The summed E-state index contributed by atoms with van der Waals surface area (Å²) in [7, 11) is 0. The maximum absolute atomic E-state index is 12.1. The number of amides is 2. The fraction of sp³-hybridized carbons (Fsp3) is 0.556. The van der Waals surface area contributed by atoms with Gasteiger partial charge in [-0.15, -0.1) is 0 Å². The standard InChI is InChI=1S/C18H30N4O2/c1-4-7-16(19)18(24)21-15-10-8-14(9-11-15)17(23)20-12-13-22(5-2)6-3/h8-11,16H,4-7,12-13,19H2,1-3H3,(H,20,23)(H,21,24). The van der Waals surface area contributed by atoms with Crippen molar-refractivity contribution in [2.75, 3.05) is 31.5 Å². The Bertz CT molecular complexity index is 512. The molecule has 0 saturated heterocycles. The lowest BCUT2D eigenvalue weighted by Gasteiger charge is -2.18. The molecular weight excluding hydrogens is 304 g/mol. The average molecular weight is 334 g/mol. The van der Waals surface area contributed by atoms with Crippen molar-refractivity contribution < 1.29 is 9.59 Å². The highest BCUT2D eigenvalue weighted by atomic mass is 16.2. The molecule has 0 aromatic heterocycles. The van der Waals surface area contributed by atoms with E-state index in [0.29, 0.717) is 24.2 Å². The monoisotopic (exact) mass is 334 g/mol. The van der Waals surface area contributed by atoms with E-state index < -0.39 is 6.04 Å². The van der Waals surface area contributed by atoms with Crippen LogP contribution in [0.25, 0.3) is 0 Å². The summed E-state index contributed by atoms with van der Waals surface area (Å²) < 4.78 is 0. The molecule has 0 spiro atoms. The molecule has 1 aromatic rings. The molecule has 0 bridgehead atoms. The summed E-state index contributed by atoms with van der Waals surface area (Å²) >= 11 is 0. The molecule has 0 aliphatic rings. The molecule has 1 atom stereocenters. The van der Waals surface area contributed by atoms with Gasteiger partial charge in [0.25, 0.3) is 5.91 Å².